The standard InChI is InChI=1S/C16H23N3O2.C2H6/c1-19(15-5-3-2-4-14(15)18-11-20)10-12-6-8-13(9-7-12)16(17)21;1-2/h2-5,11-13H,6-10H2,1H3,(H2,17,21)(H,18,20);1-2H3. The van der Waals surface area contributed by atoms with Gasteiger partial charge in [-0.05, 0) is 43.7 Å². The van der Waals surface area contributed by atoms with Gasteiger partial charge in [0.15, 0.2) is 0 Å². The summed E-state index contributed by atoms with van der Waals surface area (Å²) in [6, 6.07) is 7.76. The van der Waals surface area contributed by atoms with Crippen molar-refractivity contribution < 1.29 is 9.59 Å². The van der Waals surface area contributed by atoms with Gasteiger partial charge in [0.05, 0.1) is 11.4 Å². The van der Waals surface area contributed by atoms with Crippen LogP contribution in [0.25, 0.3) is 0 Å². The number of para-hydroxylation sites is 2. The van der Waals surface area contributed by atoms with Crippen molar-refractivity contribution in [3.63, 3.8) is 0 Å². The van der Waals surface area contributed by atoms with Crippen LogP contribution in [0.3, 0.4) is 0 Å². The fourth-order valence-corrected chi connectivity index (χ4v) is 3.11. The molecule has 2 amide bonds. The van der Waals surface area contributed by atoms with E-state index in [0.717, 1.165) is 43.6 Å². The second kappa shape index (κ2) is 9.87. The van der Waals surface area contributed by atoms with Crippen molar-refractivity contribution in [2.45, 2.75) is 39.5 Å². The number of rotatable bonds is 6. The average molecular weight is 319 g/mol. The molecule has 1 saturated carbocycles. The molecule has 1 aliphatic carbocycles. The molecule has 0 bridgehead atoms. The molecule has 0 saturated heterocycles. The second-order valence-corrected chi connectivity index (χ2v) is 5.78. The van der Waals surface area contributed by atoms with Crippen LogP contribution in [0.1, 0.15) is 39.5 Å². The molecule has 5 heteroatoms. The van der Waals surface area contributed by atoms with Crippen molar-refractivity contribution in [3.8, 4) is 0 Å². The number of nitrogens with one attached hydrogen (secondary N) is 1. The Morgan fingerprint density at radius 1 is 1.26 bits per heavy atom. The first-order valence-electron chi connectivity index (χ1n) is 8.41. The van der Waals surface area contributed by atoms with Gasteiger partial charge in [0.2, 0.25) is 12.3 Å². The van der Waals surface area contributed by atoms with Crippen LogP contribution in [0, 0.1) is 11.8 Å². The van der Waals surface area contributed by atoms with E-state index in [4.69, 9.17) is 5.73 Å². The van der Waals surface area contributed by atoms with E-state index in [2.05, 4.69) is 10.2 Å². The number of hydrogen-bond donors (Lipinski definition) is 2. The lowest BCUT2D eigenvalue weighted by molar-refractivity contribution is -0.122. The Hall–Kier alpha value is -2.04. The highest BCUT2D eigenvalue weighted by Gasteiger charge is 2.25. The maximum absolute atomic E-state index is 11.2. The fraction of sp³-hybridized carbons (Fsp3) is 0.556. The molecule has 0 spiro atoms. The zero-order chi connectivity index (χ0) is 17.2. The summed E-state index contributed by atoms with van der Waals surface area (Å²) in [7, 11) is 2.03. The molecular weight excluding hydrogens is 290 g/mol. The van der Waals surface area contributed by atoms with Crippen LogP contribution in [-0.2, 0) is 9.59 Å². The van der Waals surface area contributed by atoms with Gasteiger partial charge in [-0.3, -0.25) is 9.59 Å². The van der Waals surface area contributed by atoms with Gasteiger partial charge in [0, 0.05) is 19.5 Å². The van der Waals surface area contributed by atoms with Crippen molar-refractivity contribution in [1.82, 2.24) is 0 Å². The number of nitrogens with zero attached hydrogens (tertiary/aromatic N) is 1. The van der Waals surface area contributed by atoms with Gasteiger partial charge in [-0.1, -0.05) is 26.0 Å². The first kappa shape index (κ1) is 19.0. The number of hydrogen-bond acceptors (Lipinski definition) is 3. The van der Waals surface area contributed by atoms with Crippen LogP contribution in [0.15, 0.2) is 24.3 Å². The summed E-state index contributed by atoms with van der Waals surface area (Å²) in [4.78, 5) is 24.0. The predicted octanol–water partition coefficient (Wildman–Crippen LogP) is 3.01. The molecule has 1 fully saturated rings. The first-order chi connectivity index (χ1) is 11.1. The van der Waals surface area contributed by atoms with E-state index in [1.54, 1.807) is 0 Å². The molecule has 0 atom stereocenters. The third-order valence-electron chi connectivity index (χ3n) is 4.31. The highest BCUT2D eigenvalue weighted by Crippen LogP contribution is 2.31. The van der Waals surface area contributed by atoms with E-state index in [9.17, 15) is 9.59 Å². The van der Waals surface area contributed by atoms with E-state index in [1.165, 1.54) is 0 Å². The van der Waals surface area contributed by atoms with Crippen LogP contribution in [-0.4, -0.2) is 25.9 Å². The van der Waals surface area contributed by atoms with Crippen molar-refractivity contribution in [2.24, 2.45) is 17.6 Å². The zero-order valence-corrected chi connectivity index (χ0v) is 14.4. The Balaban J connectivity index is 0.00000127. The lowest BCUT2D eigenvalue weighted by Gasteiger charge is -2.31. The summed E-state index contributed by atoms with van der Waals surface area (Å²) in [6.45, 7) is 4.92. The van der Waals surface area contributed by atoms with Gasteiger partial charge in [-0.25, -0.2) is 0 Å². The van der Waals surface area contributed by atoms with Crippen molar-refractivity contribution in [1.29, 1.82) is 0 Å². The lowest BCUT2D eigenvalue weighted by Crippen LogP contribution is -2.32. The molecule has 1 aliphatic rings. The molecule has 0 aromatic heterocycles. The molecule has 1 aromatic rings. The van der Waals surface area contributed by atoms with Crippen LogP contribution < -0.4 is 16.0 Å². The Morgan fingerprint density at radius 2 is 1.87 bits per heavy atom. The molecule has 0 radical (unpaired) electrons. The minimum absolute atomic E-state index is 0.0515. The van der Waals surface area contributed by atoms with E-state index in [1.807, 2.05) is 45.2 Å². The smallest absolute Gasteiger partial charge is 0.220 e. The van der Waals surface area contributed by atoms with E-state index < -0.39 is 0 Å². The third kappa shape index (κ3) is 5.58. The Morgan fingerprint density at radius 3 is 2.43 bits per heavy atom. The molecular formula is C18H29N3O2. The van der Waals surface area contributed by atoms with Crippen LogP contribution >= 0.6 is 0 Å². The van der Waals surface area contributed by atoms with E-state index in [0.29, 0.717) is 12.3 Å². The van der Waals surface area contributed by atoms with Gasteiger partial charge in [-0.2, -0.15) is 0 Å². The number of nitrogens with two attached hydrogens (primary N) is 1. The lowest BCUT2D eigenvalue weighted by atomic mass is 9.81. The third-order valence-corrected chi connectivity index (χ3v) is 4.31. The summed E-state index contributed by atoms with van der Waals surface area (Å²) in [6.07, 6.45) is 4.54. The maximum atomic E-state index is 11.2. The molecule has 5 nitrogen and oxygen atoms in total. The monoisotopic (exact) mass is 319 g/mol. The number of benzene rings is 1. The molecule has 0 aliphatic heterocycles. The summed E-state index contributed by atoms with van der Waals surface area (Å²) in [5.74, 6) is 0.452. The largest absolute Gasteiger partial charge is 0.373 e. The molecule has 1 aromatic carbocycles. The second-order valence-electron chi connectivity index (χ2n) is 5.78. The van der Waals surface area contributed by atoms with Gasteiger partial charge >= 0.3 is 0 Å². The Labute approximate surface area is 139 Å². The highest BCUT2D eigenvalue weighted by atomic mass is 16.1. The quantitative estimate of drug-likeness (QED) is 0.791. The van der Waals surface area contributed by atoms with Gasteiger partial charge < -0.3 is 16.0 Å². The van der Waals surface area contributed by atoms with Gasteiger partial charge in [-0.15, -0.1) is 0 Å². The Kier molecular flexibility index (Phi) is 8.16. The first-order valence-corrected chi connectivity index (χ1v) is 8.41. The van der Waals surface area contributed by atoms with E-state index in [-0.39, 0.29) is 11.8 Å². The molecule has 0 unspecified atom stereocenters. The number of carbonyl (C=O) groups is 2. The van der Waals surface area contributed by atoms with Gasteiger partial charge in [0.1, 0.15) is 0 Å². The molecule has 23 heavy (non-hydrogen) atoms. The van der Waals surface area contributed by atoms with Gasteiger partial charge in [0.25, 0.3) is 0 Å². The summed E-state index contributed by atoms with van der Waals surface area (Å²) in [5.41, 5.74) is 7.20. The van der Waals surface area contributed by atoms with E-state index >= 15 is 0 Å². The zero-order valence-electron chi connectivity index (χ0n) is 14.4. The van der Waals surface area contributed by atoms with Crippen molar-refractivity contribution >= 4 is 23.7 Å². The summed E-state index contributed by atoms with van der Waals surface area (Å²) >= 11 is 0. The van der Waals surface area contributed by atoms with Crippen LogP contribution in [0.4, 0.5) is 11.4 Å². The number of anilines is 2. The topological polar surface area (TPSA) is 75.4 Å². The maximum Gasteiger partial charge on any atom is 0.220 e. The minimum atomic E-state index is -0.165. The van der Waals surface area contributed by atoms with Crippen molar-refractivity contribution in [3.05, 3.63) is 24.3 Å². The molecule has 3 N–H and O–H groups in total. The van der Waals surface area contributed by atoms with Crippen LogP contribution in [0.5, 0.6) is 0 Å². The highest BCUT2D eigenvalue weighted by molar-refractivity contribution is 5.81. The molecule has 0 heterocycles. The summed E-state index contributed by atoms with van der Waals surface area (Å²) in [5, 5.41) is 2.73. The number of primary amides is 1. The Bertz CT molecular complexity index is 497. The normalized spacial score (nSPS) is 20.0. The summed E-state index contributed by atoms with van der Waals surface area (Å²) < 4.78 is 0. The number of amides is 2. The predicted molar refractivity (Wildman–Crippen MR) is 95.4 cm³/mol. The molecule has 128 valence electrons. The minimum Gasteiger partial charge on any atom is -0.373 e. The molecule has 2 rings (SSSR count). The van der Waals surface area contributed by atoms with Crippen molar-refractivity contribution in [2.75, 3.05) is 23.8 Å². The van der Waals surface area contributed by atoms with Crippen LogP contribution in [0.2, 0.25) is 0 Å². The number of carbonyl (C=O) groups excluding carboxylic acids is 2. The average Bonchev–Trinajstić information content (AvgIpc) is 2.58. The SMILES string of the molecule is CC.CN(CC1CCC(C(N)=O)CC1)c1ccccc1NC=O. The fourth-order valence-electron chi connectivity index (χ4n) is 3.11.